The lowest BCUT2D eigenvalue weighted by Gasteiger charge is -2.14. The van der Waals surface area contributed by atoms with E-state index in [1.165, 1.54) is 6.08 Å². The number of rotatable bonds is 4. The topological polar surface area (TPSA) is 49.7 Å². The fourth-order valence-electron chi connectivity index (χ4n) is 2.17. The van der Waals surface area contributed by atoms with Crippen molar-refractivity contribution in [2.75, 3.05) is 13.1 Å². The molecule has 1 aliphatic rings. The van der Waals surface area contributed by atoms with E-state index in [2.05, 4.69) is 4.99 Å². The van der Waals surface area contributed by atoms with Crippen LogP contribution >= 0.6 is 0 Å². The van der Waals surface area contributed by atoms with E-state index in [4.69, 9.17) is 0 Å². The number of benzene rings is 1. The minimum Gasteiger partial charge on any atom is -0.343 e. The third kappa shape index (κ3) is 3.28. The minimum absolute atomic E-state index is 0.238. The molecule has 94 valence electrons. The van der Waals surface area contributed by atoms with Crippen LogP contribution in [-0.2, 0) is 16.0 Å². The van der Waals surface area contributed by atoms with Crippen molar-refractivity contribution in [3.8, 4) is 0 Å². The Morgan fingerprint density at radius 3 is 2.50 bits per heavy atom. The van der Waals surface area contributed by atoms with Gasteiger partial charge in [0.05, 0.1) is 5.69 Å². The summed E-state index contributed by atoms with van der Waals surface area (Å²) in [5, 5.41) is 0. The van der Waals surface area contributed by atoms with E-state index in [-0.39, 0.29) is 5.91 Å². The number of carbonyl (C=O) groups excluding carboxylic acids is 2. The predicted molar refractivity (Wildman–Crippen MR) is 68.4 cm³/mol. The molecular weight excluding hydrogens is 228 g/mol. The van der Waals surface area contributed by atoms with Crippen molar-refractivity contribution in [3.05, 3.63) is 29.8 Å². The molecular formula is C14H16N2O2. The average molecular weight is 244 g/mol. The molecule has 0 radical (unpaired) electrons. The van der Waals surface area contributed by atoms with Crippen LogP contribution in [0.4, 0.5) is 5.69 Å². The van der Waals surface area contributed by atoms with E-state index in [1.807, 2.05) is 17.0 Å². The van der Waals surface area contributed by atoms with E-state index in [1.54, 1.807) is 12.1 Å². The number of aliphatic imine (C=N–C) groups is 1. The summed E-state index contributed by atoms with van der Waals surface area (Å²) in [5.74, 6) is 0.238. The highest BCUT2D eigenvalue weighted by molar-refractivity contribution is 5.76. The van der Waals surface area contributed by atoms with Crippen molar-refractivity contribution in [3.63, 3.8) is 0 Å². The van der Waals surface area contributed by atoms with Crippen molar-refractivity contribution in [1.29, 1.82) is 0 Å². The quantitative estimate of drug-likeness (QED) is 0.602. The number of amides is 1. The smallest absolute Gasteiger partial charge is 0.240 e. The van der Waals surface area contributed by atoms with Gasteiger partial charge in [0.2, 0.25) is 12.0 Å². The zero-order valence-corrected chi connectivity index (χ0v) is 10.3. The highest BCUT2D eigenvalue weighted by Crippen LogP contribution is 2.15. The van der Waals surface area contributed by atoms with Crippen LogP contribution < -0.4 is 0 Å². The Morgan fingerprint density at radius 2 is 1.89 bits per heavy atom. The second-order valence-corrected chi connectivity index (χ2v) is 4.46. The molecule has 4 heteroatoms. The second-order valence-electron chi connectivity index (χ2n) is 4.46. The van der Waals surface area contributed by atoms with Gasteiger partial charge in [-0.25, -0.2) is 4.79 Å². The Labute approximate surface area is 106 Å². The molecule has 1 heterocycles. The fourth-order valence-corrected chi connectivity index (χ4v) is 2.17. The molecule has 1 amide bonds. The molecule has 1 fully saturated rings. The van der Waals surface area contributed by atoms with Crippen LogP contribution in [0.15, 0.2) is 29.3 Å². The molecule has 0 atom stereocenters. The van der Waals surface area contributed by atoms with Gasteiger partial charge in [-0.15, -0.1) is 0 Å². The Hall–Kier alpha value is -1.93. The maximum atomic E-state index is 11.8. The summed E-state index contributed by atoms with van der Waals surface area (Å²) in [5.41, 5.74) is 1.69. The number of nitrogens with zero attached hydrogens (tertiary/aromatic N) is 2. The molecule has 0 bridgehead atoms. The lowest BCUT2D eigenvalue weighted by atomic mass is 10.1. The van der Waals surface area contributed by atoms with Crippen LogP contribution in [0, 0.1) is 0 Å². The number of isocyanates is 1. The first-order valence-electron chi connectivity index (χ1n) is 6.24. The summed E-state index contributed by atoms with van der Waals surface area (Å²) >= 11 is 0. The number of likely N-dealkylation sites (tertiary alicyclic amines) is 1. The zero-order valence-electron chi connectivity index (χ0n) is 10.3. The van der Waals surface area contributed by atoms with E-state index in [0.717, 1.165) is 37.9 Å². The van der Waals surface area contributed by atoms with Gasteiger partial charge >= 0.3 is 0 Å². The Balaban J connectivity index is 1.85. The molecule has 0 aliphatic carbocycles. The normalized spacial score (nSPS) is 14.3. The zero-order chi connectivity index (χ0) is 12.8. The number of carbonyl (C=O) groups is 1. The fraction of sp³-hybridized carbons (Fsp3) is 0.429. The van der Waals surface area contributed by atoms with Crippen LogP contribution in [-0.4, -0.2) is 30.0 Å². The molecule has 18 heavy (non-hydrogen) atoms. The van der Waals surface area contributed by atoms with Gasteiger partial charge < -0.3 is 4.90 Å². The summed E-state index contributed by atoms with van der Waals surface area (Å²) < 4.78 is 0. The second kappa shape index (κ2) is 6.12. The summed E-state index contributed by atoms with van der Waals surface area (Å²) in [6.45, 7) is 1.82. The summed E-state index contributed by atoms with van der Waals surface area (Å²) in [4.78, 5) is 27.4. The molecule has 4 nitrogen and oxygen atoms in total. The van der Waals surface area contributed by atoms with Gasteiger partial charge in [0, 0.05) is 19.5 Å². The number of aryl methyl sites for hydroxylation is 1. The van der Waals surface area contributed by atoms with E-state index in [9.17, 15) is 9.59 Å². The van der Waals surface area contributed by atoms with Gasteiger partial charge in [-0.05, 0) is 37.0 Å². The third-order valence-electron chi connectivity index (χ3n) is 3.20. The standard InChI is InChI=1S/C14H16N2O2/c17-11-15-13-6-3-12(4-7-13)5-8-14(18)16-9-1-2-10-16/h3-4,6-7H,1-2,5,8-10H2. The van der Waals surface area contributed by atoms with E-state index >= 15 is 0 Å². The number of hydrogen-bond donors (Lipinski definition) is 0. The van der Waals surface area contributed by atoms with Crippen LogP contribution in [0.2, 0.25) is 0 Å². The molecule has 1 aromatic rings. The highest BCUT2D eigenvalue weighted by Gasteiger charge is 2.17. The van der Waals surface area contributed by atoms with Crippen LogP contribution in [0.5, 0.6) is 0 Å². The van der Waals surface area contributed by atoms with Gasteiger partial charge in [0.1, 0.15) is 0 Å². The third-order valence-corrected chi connectivity index (χ3v) is 3.20. The van der Waals surface area contributed by atoms with Gasteiger partial charge in [0.25, 0.3) is 0 Å². The van der Waals surface area contributed by atoms with Gasteiger partial charge in [-0.1, -0.05) is 12.1 Å². The summed E-state index contributed by atoms with van der Waals surface area (Å²) in [6.07, 6.45) is 5.05. The molecule has 0 unspecified atom stereocenters. The molecule has 0 saturated carbocycles. The Bertz CT molecular complexity index is 455. The molecule has 1 saturated heterocycles. The lowest BCUT2D eigenvalue weighted by Crippen LogP contribution is -2.27. The molecule has 0 spiro atoms. The van der Waals surface area contributed by atoms with E-state index in [0.29, 0.717) is 12.1 Å². The highest BCUT2D eigenvalue weighted by atomic mass is 16.2. The average Bonchev–Trinajstić information content (AvgIpc) is 2.92. The Kier molecular flexibility index (Phi) is 4.26. The molecule has 0 N–H and O–H groups in total. The maximum Gasteiger partial charge on any atom is 0.240 e. The van der Waals surface area contributed by atoms with Gasteiger partial charge in [-0.3, -0.25) is 4.79 Å². The van der Waals surface area contributed by atoms with Gasteiger partial charge in [-0.2, -0.15) is 4.99 Å². The molecule has 1 aromatic carbocycles. The molecule has 1 aliphatic heterocycles. The van der Waals surface area contributed by atoms with E-state index < -0.39 is 0 Å². The van der Waals surface area contributed by atoms with Crippen molar-refractivity contribution in [1.82, 2.24) is 4.90 Å². The van der Waals surface area contributed by atoms with Crippen LogP contribution in [0.1, 0.15) is 24.8 Å². The Morgan fingerprint density at radius 1 is 1.22 bits per heavy atom. The predicted octanol–water partition coefficient (Wildman–Crippen LogP) is 2.21. The molecule has 2 rings (SSSR count). The SMILES string of the molecule is O=C=Nc1ccc(CCC(=O)N2CCCC2)cc1. The first-order chi connectivity index (χ1) is 8.79. The summed E-state index contributed by atoms with van der Waals surface area (Å²) in [6, 6.07) is 7.32. The summed E-state index contributed by atoms with van der Waals surface area (Å²) in [7, 11) is 0. The minimum atomic E-state index is 0.238. The first kappa shape index (κ1) is 12.5. The van der Waals surface area contributed by atoms with Crippen molar-refractivity contribution in [2.24, 2.45) is 4.99 Å². The van der Waals surface area contributed by atoms with Gasteiger partial charge in [0.15, 0.2) is 0 Å². The van der Waals surface area contributed by atoms with Crippen molar-refractivity contribution >= 4 is 17.7 Å². The maximum absolute atomic E-state index is 11.8. The number of hydrogen-bond acceptors (Lipinski definition) is 3. The van der Waals surface area contributed by atoms with Crippen LogP contribution in [0.25, 0.3) is 0 Å². The molecule has 0 aromatic heterocycles. The van der Waals surface area contributed by atoms with Crippen molar-refractivity contribution in [2.45, 2.75) is 25.7 Å². The monoisotopic (exact) mass is 244 g/mol. The van der Waals surface area contributed by atoms with Crippen LogP contribution in [0.3, 0.4) is 0 Å². The van der Waals surface area contributed by atoms with Crippen molar-refractivity contribution < 1.29 is 9.59 Å². The lowest BCUT2D eigenvalue weighted by molar-refractivity contribution is -0.130. The first-order valence-corrected chi connectivity index (χ1v) is 6.24. The largest absolute Gasteiger partial charge is 0.343 e.